The summed E-state index contributed by atoms with van der Waals surface area (Å²) in [5, 5.41) is 3.23. The lowest BCUT2D eigenvalue weighted by Gasteiger charge is -2.29. The van der Waals surface area contributed by atoms with E-state index in [0.29, 0.717) is 6.04 Å². The third-order valence-electron chi connectivity index (χ3n) is 3.68. The Bertz CT molecular complexity index is 413. The van der Waals surface area contributed by atoms with E-state index in [1.807, 2.05) is 12.1 Å². The van der Waals surface area contributed by atoms with Gasteiger partial charge in [-0.05, 0) is 56.8 Å². The van der Waals surface area contributed by atoms with Crippen LogP contribution in [0.5, 0.6) is 0 Å². The lowest BCUT2D eigenvalue weighted by atomic mass is 10.1. The number of anilines is 1. The molecule has 2 nitrogen and oxygen atoms in total. The van der Waals surface area contributed by atoms with Gasteiger partial charge in [-0.2, -0.15) is 0 Å². The minimum atomic E-state index is -0.0928. The second kappa shape index (κ2) is 6.38. The Balaban J connectivity index is 2.12. The number of nitrogens with zero attached hydrogens (tertiary/aromatic N) is 1. The van der Waals surface area contributed by atoms with Crippen LogP contribution >= 0.6 is 0 Å². The summed E-state index contributed by atoms with van der Waals surface area (Å²) in [6, 6.07) is 5.98. The summed E-state index contributed by atoms with van der Waals surface area (Å²) in [5.41, 5.74) is 1.76. The first-order valence-corrected chi connectivity index (χ1v) is 7.37. The van der Waals surface area contributed by atoms with Gasteiger partial charge in [0.2, 0.25) is 0 Å². The number of hydrogen-bond acceptors (Lipinski definition) is 2. The van der Waals surface area contributed by atoms with Crippen molar-refractivity contribution in [1.82, 2.24) is 5.32 Å². The smallest absolute Gasteiger partial charge is 0.146 e. The van der Waals surface area contributed by atoms with E-state index in [2.05, 4.69) is 31.0 Å². The maximum Gasteiger partial charge on any atom is 0.146 e. The van der Waals surface area contributed by atoms with Gasteiger partial charge in [-0.15, -0.1) is 0 Å². The van der Waals surface area contributed by atoms with Crippen molar-refractivity contribution in [2.24, 2.45) is 5.92 Å². The third-order valence-corrected chi connectivity index (χ3v) is 3.68. The normalized spacial score (nSPS) is 15.0. The van der Waals surface area contributed by atoms with Crippen molar-refractivity contribution < 1.29 is 4.39 Å². The van der Waals surface area contributed by atoms with E-state index in [1.165, 1.54) is 12.8 Å². The second-order valence-corrected chi connectivity index (χ2v) is 5.76. The van der Waals surface area contributed by atoms with Gasteiger partial charge in [0.1, 0.15) is 5.82 Å². The molecular formula is C16H25FN2. The fraction of sp³-hybridized carbons (Fsp3) is 0.625. The SMILES string of the molecule is CCNCc1ccc(N(CC2CC2)C(C)C)c(F)c1. The number of benzene rings is 1. The van der Waals surface area contributed by atoms with Gasteiger partial charge in [-0.1, -0.05) is 13.0 Å². The maximum absolute atomic E-state index is 14.3. The van der Waals surface area contributed by atoms with Crippen LogP contribution in [-0.4, -0.2) is 19.1 Å². The quantitative estimate of drug-likeness (QED) is 0.810. The van der Waals surface area contributed by atoms with Crippen LogP contribution in [-0.2, 0) is 6.54 Å². The zero-order valence-electron chi connectivity index (χ0n) is 12.2. The molecule has 0 atom stereocenters. The molecule has 0 saturated heterocycles. The van der Waals surface area contributed by atoms with Crippen molar-refractivity contribution in [2.75, 3.05) is 18.0 Å². The molecule has 3 heteroatoms. The first kappa shape index (κ1) is 14.3. The molecule has 1 N–H and O–H groups in total. The molecule has 1 aliphatic carbocycles. The number of rotatable bonds is 7. The minimum absolute atomic E-state index is 0.0928. The van der Waals surface area contributed by atoms with E-state index in [9.17, 15) is 4.39 Å². The number of hydrogen-bond donors (Lipinski definition) is 1. The summed E-state index contributed by atoms with van der Waals surface area (Å²) in [5.74, 6) is 0.674. The van der Waals surface area contributed by atoms with Gasteiger partial charge in [0.25, 0.3) is 0 Å². The lowest BCUT2D eigenvalue weighted by molar-refractivity contribution is 0.585. The van der Waals surface area contributed by atoms with Crippen LogP contribution in [0.25, 0.3) is 0 Å². The topological polar surface area (TPSA) is 15.3 Å². The van der Waals surface area contributed by atoms with E-state index >= 15 is 0 Å². The predicted molar refractivity (Wildman–Crippen MR) is 79.0 cm³/mol. The van der Waals surface area contributed by atoms with Crippen LogP contribution in [0.3, 0.4) is 0 Å². The Morgan fingerprint density at radius 3 is 2.63 bits per heavy atom. The molecular weight excluding hydrogens is 239 g/mol. The standard InChI is InChI=1S/C16H25FN2/c1-4-18-10-14-7-8-16(15(17)9-14)19(12(2)3)11-13-5-6-13/h7-9,12-13,18H,4-6,10-11H2,1-3H3. The highest BCUT2D eigenvalue weighted by Gasteiger charge is 2.26. The van der Waals surface area contributed by atoms with Gasteiger partial charge in [-0.3, -0.25) is 0 Å². The van der Waals surface area contributed by atoms with E-state index in [0.717, 1.165) is 36.8 Å². The summed E-state index contributed by atoms with van der Waals surface area (Å²) >= 11 is 0. The fourth-order valence-corrected chi connectivity index (χ4v) is 2.33. The van der Waals surface area contributed by atoms with Gasteiger partial charge in [0, 0.05) is 19.1 Å². The molecule has 1 aromatic carbocycles. The molecule has 2 rings (SSSR count). The Kier molecular flexibility index (Phi) is 4.81. The largest absolute Gasteiger partial charge is 0.366 e. The highest BCUT2D eigenvalue weighted by molar-refractivity contribution is 5.50. The number of halogens is 1. The van der Waals surface area contributed by atoms with E-state index < -0.39 is 0 Å². The molecule has 1 aromatic rings. The first-order chi connectivity index (χ1) is 9.11. The average Bonchev–Trinajstić information content (AvgIpc) is 3.18. The van der Waals surface area contributed by atoms with Crippen molar-refractivity contribution in [3.63, 3.8) is 0 Å². The zero-order valence-corrected chi connectivity index (χ0v) is 12.2. The summed E-state index contributed by atoms with van der Waals surface area (Å²) < 4.78 is 14.3. The second-order valence-electron chi connectivity index (χ2n) is 5.76. The third kappa shape index (κ3) is 3.93. The molecule has 1 saturated carbocycles. The van der Waals surface area contributed by atoms with Crippen LogP contribution < -0.4 is 10.2 Å². The summed E-state index contributed by atoms with van der Waals surface area (Å²) in [6.45, 7) is 8.95. The fourth-order valence-electron chi connectivity index (χ4n) is 2.33. The molecule has 0 heterocycles. The molecule has 0 radical (unpaired) electrons. The van der Waals surface area contributed by atoms with Crippen LogP contribution in [0.4, 0.5) is 10.1 Å². The minimum Gasteiger partial charge on any atom is -0.366 e. The van der Waals surface area contributed by atoms with Crippen LogP contribution in [0.2, 0.25) is 0 Å². The average molecular weight is 264 g/mol. The molecule has 0 unspecified atom stereocenters. The molecule has 0 amide bonds. The van der Waals surface area contributed by atoms with E-state index in [1.54, 1.807) is 6.07 Å². The van der Waals surface area contributed by atoms with Gasteiger partial charge in [0.05, 0.1) is 5.69 Å². The lowest BCUT2D eigenvalue weighted by Crippen LogP contribution is -2.33. The molecule has 1 fully saturated rings. The Hall–Kier alpha value is -1.09. The van der Waals surface area contributed by atoms with Crippen molar-refractivity contribution >= 4 is 5.69 Å². The molecule has 0 aromatic heterocycles. The highest BCUT2D eigenvalue weighted by Crippen LogP contribution is 2.33. The summed E-state index contributed by atoms with van der Waals surface area (Å²) in [7, 11) is 0. The van der Waals surface area contributed by atoms with E-state index in [4.69, 9.17) is 0 Å². The summed E-state index contributed by atoms with van der Waals surface area (Å²) in [6.07, 6.45) is 2.59. The molecule has 1 aliphatic rings. The van der Waals surface area contributed by atoms with Crippen LogP contribution in [0, 0.1) is 11.7 Å². The van der Waals surface area contributed by atoms with Gasteiger partial charge in [0.15, 0.2) is 0 Å². The van der Waals surface area contributed by atoms with Crippen molar-refractivity contribution in [2.45, 2.75) is 46.2 Å². The number of nitrogens with one attached hydrogen (secondary N) is 1. The Morgan fingerprint density at radius 1 is 1.37 bits per heavy atom. The summed E-state index contributed by atoms with van der Waals surface area (Å²) in [4.78, 5) is 2.20. The van der Waals surface area contributed by atoms with Crippen molar-refractivity contribution in [3.8, 4) is 0 Å². The molecule has 19 heavy (non-hydrogen) atoms. The van der Waals surface area contributed by atoms with Gasteiger partial charge < -0.3 is 10.2 Å². The monoisotopic (exact) mass is 264 g/mol. The molecule has 0 spiro atoms. The first-order valence-electron chi connectivity index (χ1n) is 7.37. The van der Waals surface area contributed by atoms with Gasteiger partial charge in [-0.25, -0.2) is 4.39 Å². The zero-order chi connectivity index (χ0) is 13.8. The van der Waals surface area contributed by atoms with Gasteiger partial charge >= 0.3 is 0 Å². The van der Waals surface area contributed by atoms with Crippen molar-refractivity contribution in [1.29, 1.82) is 0 Å². The molecule has 0 bridgehead atoms. The Morgan fingerprint density at radius 2 is 2.11 bits per heavy atom. The van der Waals surface area contributed by atoms with Crippen molar-refractivity contribution in [3.05, 3.63) is 29.6 Å². The molecule has 0 aliphatic heterocycles. The highest BCUT2D eigenvalue weighted by atomic mass is 19.1. The van der Waals surface area contributed by atoms with Crippen LogP contribution in [0.15, 0.2) is 18.2 Å². The maximum atomic E-state index is 14.3. The predicted octanol–water partition coefficient (Wildman–Crippen LogP) is 3.56. The Labute approximate surface area is 116 Å². The van der Waals surface area contributed by atoms with E-state index in [-0.39, 0.29) is 5.82 Å². The van der Waals surface area contributed by atoms with Crippen LogP contribution in [0.1, 0.15) is 39.2 Å². The molecule has 106 valence electrons.